The average Bonchev–Trinajstić information content (AvgIpc) is 2.46. The molecule has 102 valence electrons. The van der Waals surface area contributed by atoms with E-state index in [-0.39, 0.29) is 11.9 Å². The maximum Gasteiger partial charge on any atom is 0.123 e. The topological polar surface area (TPSA) is 67.2 Å². The first kappa shape index (κ1) is 13.6. The highest BCUT2D eigenvalue weighted by molar-refractivity contribution is 5.22. The molecule has 1 unspecified atom stereocenters. The summed E-state index contributed by atoms with van der Waals surface area (Å²) in [6, 6.07) is 5.94. The Balaban J connectivity index is 1.71. The predicted molar refractivity (Wildman–Crippen MR) is 68.4 cm³/mol. The number of hydrogen-bond donors (Lipinski definition) is 0. The Hall–Kier alpha value is -1.78. The molecule has 0 radical (unpaired) electrons. The fraction of sp³-hybridized carbons (Fsp3) is 0.538. The summed E-state index contributed by atoms with van der Waals surface area (Å²) >= 11 is 0. The zero-order valence-electron chi connectivity index (χ0n) is 10.5. The van der Waals surface area contributed by atoms with Crippen LogP contribution < -0.4 is 4.74 Å². The van der Waals surface area contributed by atoms with Gasteiger partial charge in [-0.25, -0.2) is 4.39 Å². The standard InChI is InChI=1S/C13H16FN3O2/c14-11-2-5-12(6-3-11)19-9-13-4-1-10(8-18-13)7-16-17-15/h2-3,5-6,10,13H,1,4,7-9H2/t10-,13?/m1/s1. The van der Waals surface area contributed by atoms with Gasteiger partial charge in [0, 0.05) is 11.5 Å². The van der Waals surface area contributed by atoms with E-state index in [9.17, 15) is 4.39 Å². The summed E-state index contributed by atoms with van der Waals surface area (Å²) < 4.78 is 23.9. The molecule has 0 spiro atoms. The Bertz CT molecular complexity index is 438. The molecule has 2 rings (SSSR count). The minimum Gasteiger partial charge on any atom is -0.491 e. The second kappa shape index (κ2) is 6.97. The van der Waals surface area contributed by atoms with Gasteiger partial charge < -0.3 is 9.47 Å². The van der Waals surface area contributed by atoms with Gasteiger partial charge in [-0.3, -0.25) is 0 Å². The molecule has 1 aromatic rings. The van der Waals surface area contributed by atoms with Crippen molar-refractivity contribution in [1.82, 2.24) is 0 Å². The van der Waals surface area contributed by atoms with Gasteiger partial charge in [-0.15, -0.1) is 0 Å². The summed E-state index contributed by atoms with van der Waals surface area (Å²) in [5, 5.41) is 3.56. The highest BCUT2D eigenvalue weighted by Gasteiger charge is 2.21. The molecule has 5 nitrogen and oxygen atoms in total. The Kier molecular flexibility index (Phi) is 5.01. The van der Waals surface area contributed by atoms with Crippen molar-refractivity contribution in [1.29, 1.82) is 0 Å². The Labute approximate surface area is 111 Å². The monoisotopic (exact) mass is 265 g/mol. The predicted octanol–water partition coefficient (Wildman–Crippen LogP) is 3.31. The summed E-state index contributed by atoms with van der Waals surface area (Å²) in [6.45, 7) is 1.54. The first-order chi connectivity index (χ1) is 9.28. The van der Waals surface area contributed by atoms with E-state index in [0.717, 1.165) is 12.8 Å². The minimum atomic E-state index is -0.276. The fourth-order valence-corrected chi connectivity index (χ4v) is 2.01. The lowest BCUT2D eigenvalue weighted by Crippen LogP contribution is -2.31. The van der Waals surface area contributed by atoms with Crippen LogP contribution in [0.2, 0.25) is 0 Å². The summed E-state index contributed by atoms with van der Waals surface area (Å²) in [5.41, 5.74) is 8.25. The number of azide groups is 1. The Morgan fingerprint density at radius 1 is 1.37 bits per heavy atom. The summed E-state index contributed by atoms with van der Waals surface area (Å²) in [5.74, 6) is 0.668. The van der Waals surface area contributed by atoms with Crippen LogP contribution in [0.4, 0.5) is 4.39 Å². The second-order valence-corrected chi connectivity index (χ2v) is 4.58. The molecule has 6 heteroatoms. The highest BCUT2D eigenvalue weighted by atomic mass is 19.1. The van der Waals surface area contributed by atoms with Crippen LogP contribution in [0.15, 0.2) is 29.4 Å². The largest absolute Gasteiger partial charge is 0.491 e. The first-order valence-corrected chi connectivity index (χ1v) is 6.28. The van der Waals surface area contributed by atoms with Crippen LogP contribution in [-0.4, -0.2) is 25.9 Å². The van der Waals surface area contributed by atoms with Crippen LogP contribution in [0.3, 0.4) is 0 Å². The third-order valence-corrected chi connectivity index (χ3v) is 3.12. The van der Waals surface area contributed by atoms with E-state index in [4.69, 9.17) is 15.0 Å². The molecule has 2 atom stereocenters. The number of halogens is 1. The average molecular weight is 265 g/mol. The van der Waals surface area contributed by atoms with E-state index in [1.807, 2.05) is 0 Å². The number of benzene rings is 1. The zero-order valence-corrected chi connectivity index (χ0v) is 10.5. The molecule has 1 heterocycles. The van der Waals surface area contributed by atoms with Crippen LogP contribution in [0.25, 0.3) is 10.4 Å². The van der Waals surface area contributed by atoms with Gasteiger partial charge in [-0.05, 0) is 48.6 Å². The summed E-state index contributed by atoms with van der Waals surface area (Å²) in [6.07, 6.45) is 1.90. The third kappa shape index (κ3) is 4.43. The van der Waals surface area contributed by atoms with E-state index in [1.165, 1.54) is 12.1 Å². The third-order valence-electron chi connectivity index (χ3n) is 3.12. The molecule has 0 saturated carbocycles. The molecule has 1 fully saturated rings. The number of nitrogens with zero attached hydrogens (tertiary/aromatic N) is 3. The van der Waals surface area contributed by atoms with Crippen LogP contribution in [0.1, 0.15) is 12.8 Å². The molecular weight excluding hydrogens is 249 g/mol. The van der Waals surface area contributed by atoms with Gasteiger partial charge >= 0.3 is 0 Å². The SMILES string of the molecule is [N-]=[N+]=NC[C@H]1CCC(COc2ccc(F)cc2)OC1. The Morgan fingerprint density at radius 3 is 2.79 bits per heavy atom. The van der Waals surface area contributed by atoms with Gasteiger partial charge in [0.1, 0.15) is 18.2 Å². The highest BCUT2D eigenvalue weighted by Crippen LogP contribution is 2.20. The van der Waals surface area contributed by atoms with Crippen LogP contribution >= 0.6 is 0 Å². The van der Waals surface area contributed by atoms with Gasteiger partial charge in [0.25, 0.3) is 0 Å². The molecule has 1 aliphatic heterocycles. The van der Waals surface area contributed by atoms with Gasteiger partial charge in [-0.2, -0.15) is 0 Å². The van der Waals surface area contributed by atoms with Gasteiger partial charge in [-0.1, -0.05) is 5.11 Å². The molecule has 0 aromatic heterocycles. The lowest BCUT2D eigenvalue weighted by molar-refractivity contribution is -0.0352. The van der Waals surface area contributed by atoms with Crippen molar-refractivity contribution in [2.75, 3.05) is 19.8 Å². The molecule has 1 aromatic carbocycles. The van der Waals surface area contributed by atoms with Crippen molar-refractivity contribution in [2.24, 2.45) is 11.0 Å². The summed E-state index contributed by atoms with van der Waals surface area (Å²) in [7, 11) is 0. The molecule has 0 aliphatic carbocycles. The molecule has 1 aliphatic rings. The van der Waals surface area contributed by atoms with Crippen molar-refractivity contribution >= 4 is 0 Å². The molecule has 0 bridgehead atoms. The lowest BCUT2D eigenvalue weighted by Gasteiger charge is -2.28. The lowest BCUT2D eigenvalue weighted by atomic mass is 9.99. The number of ether oxygens (including phenoxy) is 2. The molecular formula is C13H16FN3O2. The van der Waals surface area contributed by atoms with Gasteiger partial charge in [0.15, 0.2) is 0 Å². The van der Waals surface area contributed by atoms with Gasteiger partial charge in [0.05, 0.1) is 12.7 Å². The molecule has 0 N–H and O–H groups in total. The molecule has 1 saturated heterocycles. The van der Waals surface area contributed by atoms with E-state index >= 15 is 0 Å². The minimum absolute atomic E-state index is 0.0485. The van der Waals surface area contributed by atoms with Crippen LogP contribution in [0.5, 0.6) is 5.75 Å². The van der Waals surface area contributed by atoms with Crippen molar-refractivity contribution < 1.29 is 13.9 Å². The quantitative estimate of drug-likeness (QED) is 0.465. The smallest absolute Gasteiger partial charge is 0.123 e. The molecule has 0 amide bonds. The van der Waals surface area contributed by atoms with Crippen LogP contribution in [0, 0.1) is 11.7 Å². The first-order valence-electron chi connectivity index (χ1n) is 6.28. The second-order valence-electron chi connectivity index (χ2n) is 4.58. The van der Waals surface area contributed by atoms with Crippen molar-refractivity contribution in [2.45, 2.75) is 18.9 Å². The maximum atomic E-state index is 12.7. The van der Waals surface area contributed by atoms with E-state index in [1.54, 1.807) is 12.1 Å². The van der Waals surface area contributed by atoms with E-state index in [0.29, 0.717) is 31.4 Å². The zero-order chi connectivity index (χ0) is 13.5. The van der Waals surface area contributed by atoms with Crippen molar-refractivity contribution in [3.8, 4) is 5.75 Å². The molecule has 19 heavy (non-hydrogen) atoms. The normalized spacial score (nSPS) is 22.6. The van der Waals surface area contributed by atoms with E-state index < -0.39 is 0 Å². The summed E-state index contributed by atoms with van der Waals surface area (Å²) in [4.78, 5) is 2.75. The number of rotatable bonds is 5. The number of hydrogen-bond acceptors (Lipinski definition) is 3. The van der Waals surface area contributed by atoms with Crippen molar-refractivity contribution in [3.05, 3.63) is 40.5 Å². The fourth-order valence-electron chi connectivity index (χ4n) is 2.01. The van der Waals surface area contributed by atoms with E-state index in [2.05, 4.69) is 10.0 Å². The Morgan fingerprint density at radius 2 is 2.16 bits per heavy atom. The van der Waals surface area contributed by atoms with Crippen molar-refractivity contribution in [3.63, 3.8) is 0 Å². The van der Waals surface area contributed by atoms with Crippen LogP contribution in [-0.2, 0) is 4.74 Å². The van der Waals surface area contributed by atoms with Gasteiger partial charge in [0.2, 0.25) is 0 Å². The maximum absolute atomic E-state index is 12.7.